The Morgan fingerprint density at radius 3 is 1.93 bits per heavy atom. The van der Waals surface area contributed by atoms with Crippen molar-refractivity contribution in [3.8, 4) is 0 Å². The van der Waals surface area contributed by atoms with Gasteiger partial charge in [0.1, 0.15) is 5.82 Å². The number of hydrogen-bond donors (Lipinski definition) is 1. The quantitative estimate of drug-likeness (QED) is 0.561. The minimum absolute atomic E-state index is 0.00830. The summed E-state index contributed by atoms with van der Waals surface area (Å²) in [5.41, 5.74) is 4.50. The number of hydrogen-bond acceptors (Lipinski definition) is 4. The van der Waals surface area contributed by atoms with E-state index in [0.29, 0.717) is 31.9 Å². The van der Waals surface area contributed by atoms with Gasteiger partial charge < -0.3 is 15.5 Å². The molecule has 0 saturated carbocycles. The Bertz CT molecular complexity index is 788. The normalized spacial score (nSPS) is 15.8. The van der Waals surface area contributed by atoms with Gasteiger partial charge in [-0.05, 0) is 24.3 Å². The van der Waals surface area contributed by atoms with Crippen molar-refractivity contribution < 1.29 is 26.3 Å². The van der Waals surface area contributed by atoms with E-state index in [2.05, 4.69) is 4.98 Å². The van der Waals surface area contributed by atoms with Gasteiger partial charge in [-0.15, -0.1) is 0 Å². The van der Waals surface area contributed by atoms with E-state index in [9.17, 15) is 26.3 Å². The lowest BCUT2D eigenvalue weighted by molar-refractivity contribution is -0.138. The molecule has 2 aromatic rings. The Labute approximate surface area is 161 Å². The van der Waals surface area contributed by atoms with Crippen LogP contribution in [0.1, 0.15) is 11.1 Å². The molecule has 28 heavy (non-hydrogen) atoms. The standard InChI is InChI=1S/C17H15ClF6N4/c18-12-7-11(17(22,23)24)9-26-15(12)28-5-3-27(4-6-28)14-2-1-10(8-13(14)25)16(19,20)21/h1-2,7-9H,3-6,25H2. The Morgan fingerprint density at radius 1 is 0.857 bits per heavy atom. The van der Waals surface area contributed by atoms with E-state index < -0.39 is 23.5 Å². The molecule has 1 saturated heterocycles. The summed E-state index contributed by atoms with van der Waals surface area (Å²) in [4.78, 5) is 7.36. The van der Waals surface area contributed by atoms with Crippen molar-refractivity contribution >= 4 is 28.8 Å². The van der Waals surface area contributed by atoms with Gasteiger partial charge in [-0.3, -0.25) is 0 Å². The maximum Gasteiger partial charge on any atom is 0.417 e. The summed E-state index contributed by atoms with van der Waals surface area (Å²) in [7, 11) is 0. The van der Waals surface area contributed by atoms with E-state index in [1.165, 1.54) is 6.07 Å². The second-order valence-electron chi connectivity index (χ2n) is 6.27. The molecule has 4 nitrogen and oxygen atoms in total. The van der Waals surface area contributed by atoms with Gasteiger partial charge in [-0.1, -0.05) is 11.6 Å². The molecule has 2 N–H and O–H groups in total. The van der Waals surface area contributed by atoms with Crippen LogP contribution >= 0.6 is 11.6 Å². The molecule has 0 atom stereocenters. The first-order chi connectivity index (χ1) is 13.0. The summed E-state index contributed by atoms with van der Waals surface area (Å²) in [6, 6.07) is 3.99. The fraction of sp³-hybridized carbons (Fsp3) is 0.353. The van der Waals surface area contributed by atoms with Crippen LogP contribution in [0.4, 0.5) is 43.5 Å². The highest BCUT2D eigenvalue weighted by Gasteiger charge is 2.33. The molecule has 0 unspecified atom stereocenters. The van der Waals surface area contributed by atoms with Crippen LogP contribution < -0.4 is 15.5 Å². The number of benzene rings is 1. The first kappa shape index (κ1) is 20.4. The first-order valence-corrected chi connectivity index (χ1v) is 8.54. The molecule has 3 rings (SSSR count). The van der Waals surface area contributed by atoms with Gasteiger partial charge in [0.15, 0.2) is 0 Å². The van der Waals surface area contributed by atoms with Crippen LogP contribution in [0.3, 0.4) is 0 Å². The van der Waals surface area contributed by atoms with Crippen molar-refractivity contribution in [3.05, 3.63) is 46.6 Å². The van der Waals surface area contributed by atoms with Gasteiger partial charge >= 0.3 is 12.4 Å². The average Bonchev–Trinajstić information content (AvgIpc) is 2.60. The Balaban J connectivity index is 1.71. The molecule has 0 amide bonds. The number of nitrogen functional groups attached to an aromatic ring is 1. The Morgan fingerprint density at radius 2 is 1.43 bits per heavy atom. The monoisotopic (exact) mass is 424 g/mol. The van der Waals surface area contributed by atoms with Gasteiger partial charge in [0.2, 0.25) is 0 Å². The molecule has 0 spiro atoms. The van der Waals surface area contributed by atoms with Gasteiger partial charge in [0.25, 0.3) is 0 Å². The fourth-order valence-electron chi connectivity index (χ4n) is 3.00. The summed E-state index contributed by atoms with van der Waals surface area (Å²) in [5.74, 6) is 0.231. The third kappa shape index (κ3) is 4.21. The van der Waals surface area contributed by atoms with Gasteiger partial charge in [-0.25, -0.2) is 4.98 Å². The molecule has 0 radical (unpaired) electrons. The number of halogens is 7. The van der Waals surface area contributed by atoms with E-state index >= 15 is 0 Å². The molecule has 2 heterocycles. The minimum Gasteiger partial charge on any atom is -0.397 e. The first-order valence-electron chi connectivity index (χ1n) is 8.16. The lowest BCUT2D eigenvalue weighted by atomic mass is 10.1. The van der Waals surface area contributed by atoms with Crippen LogP contribution in [0.25, 0.3) is 0 Å². The predicted molar refractivity (Wildman–Crippen MR) is 94.5 cm³/mol. The van der Waals surface area contributed by atoms with Gasteiger partial charge in [0.05, 0.1) is 27.5 Å². The van der Waals surface area contributed by atoms with Crippen molar-refractivity contribution in [2.45, 2.75) is 12.4 Å². The number of nitrogens with two attached hydrogens (primary N) is 1. The highest BCUT2D eigenvalue weighted by Crippen LogP contribution is 2.36. The molecule has 1 aromatic carbocycles. The second-order valence-corrected chi connectivity index (χ2v) is 6.68. The number of nitrogens with zero attached hydrogens (tertiary/aromatic N) is 3. The zero-order valence-corrected chi connectivity index (χ0v) is 15.0. The van der Waals surface area contributed by atoms with Crippen LogP contribution in [-0.4, -0.2) is 31.2 Å². The van der Waals surface area contributed by atoms with E-state index in [1.54, 1.807) is 4.90 Å². The van der Waals surface area contributed by atoms with Crippen molar-refractivity contribution in [1.29, 1.82) is 0 Å². The van der Waals surface area contributed by atoms with Crippen molar-refractivity contribution in [3.63, 3.8) is 0 Å². The second kappa shape index (κ2) is 7.23. The topological polar surface area (TPSA) is 45.4 Å². The number of pyridine rings is 1. The van der Waals surface area contributed by atoms with E-state index in [0.717, 1.165) is 24.4 Å². The largest absolute Gasteiger partial charge is 0.417 e. The third-order valence-corrected chi connectivity index (χ3v) is 4.70. The summed E-state index contributed by atoms with van der Waals surface area (Å²) < 4.78 is 76.4. The lowest BCUT2D eigenvalue weighted by Crippen LogP contribution is -2.47. The van der Waals surface area contributed by atoms with Crippen LogP contribution in [0.15, 0.2) is 30.5 Å². The fourth-order valence-corrected chi connectivity index (χ4v) is 3.28. The van der Waals surface area contributed by atoms with E-state index in [-0.39, 0.29) is 16.5 Å². The molecule has 0 bridgehead atoms. The number of alkyl halides is 6. The highest BCUT2D eigenvalue weighted by atomic mass is 35.5. The predicted octanol–water partition coefficient (Wildman–Crippen LogP) is 4.68. The summed E-state index contributed by atoms with van der Waals surface area (Å²) in [6.07, 6.45) is -8.29. The van der Waals surface area contributed by atoms with Crippen LogP contribution in [0, 0.1) is 0 Å². The molecular weight excluding hydrogens is 410 g/mol. The van der Waals surface area contributed by atoms with Crippen LogP contribution in [0.2, 0.25) is 5.02 Å². The Kier molecular flexibility index (Phi) is 5.26. The molecule has 1 aromatic heterocycles. The number of piperazine rings is 1. The average molecular weight is 425 g/mol. The maximum atomic E-state index is 12.8. The molecular formula is C17H15ClF6N4. The summed E-state index contributed by atoms with van der Waals surface area (Å²) in [6.45, 7) is 1.54. The van der Waals surface area contributed by atoms with Crippen molar-refractivity contribution in [2.75, 3.05) is 41.7 Å². The third-order valence-electron chi connectivity index (χ3n) is 4.42. The molecule has 1 fully saturated rings. The molecule has 1 aliphatic heterocycles. The molecule has 11 heteroatoms. The molecule has 1 aliphatic rings. The Hall–Kier alpha value is -2.36. The zero-order valence-electron chi connectivity index (χ0n) is 14.3. The molecule has 0 aliphatic carbocycles. The number of anilines is 3. The number of rotatable bonds is 2. The zero-order chi connectivity index (χ0) is 20.7. The number of aromatic nitrogens is 1. The summed E-state index contributed by atoms with van der Waals surface area (Å²) in [5, 5.41) is -0.114. The maximum absolute atomic E-state index is 12.8. The van der Waals surface area contributed by atoms with Crippen molar-refractivity contribution in [1.82, 2.24) is 4.98 Å². The van der Waals surface area contributed by atoms with Crippen LogP contribution in [0.5, 0.6) is 0 Å². The highest BCUT2D eigenvalue weighted by molar-refractivity contribution is 6.33. The van der Waals surface area contributed by atoms with Crippen LogP contribution in [-0.2, 0) is 12.4 Å². The molecule has 152 valence electrons. The van der Waals surface area contributed by atoms with E-state index in [4.69, 9.17) is 17.3 Å². The lowest BCUT2D eigenvalue weighted by Gasteiger charge is -2.37. The minimum atomic E-state index is -4.53. The smallest absolute Gasteiger partial charge is 0.397 e. The van der Waals surface area contributed by atoms with Gasteiger partial charge in [0, 0.05) is 32.4 Å². The van der Waals surface area contributed by atoms with Gasteiger partial charge in [-0.2, -0.15) is 26.3 Å². The van der Waals surface area contributed by atoms with E-state index in [1.807, 2.05) is 4.90 Å². The summed E-state index contributed by atoms with van der Waals surface area (Å²) >= 11 is 5.96. The SMILES string of the molecule is Nc1cc(C(F)(F)F)ccc1N1CCN(c2ncc(C(F)(F)F)cc2Cl)CC1. The van der Waals surface area contributed by atoms with Crippen molar-refractivity contribution in [2.24, 2.45) is 0 Å².